The smallest absolute Gasteiger partial charge is 0.0351 e. The SMILES string of the molecule is CC1C=C(N2CCN(C3=CC(C)CCC3)CC2)CCC1. The molecular weight excluding hydrogens is 244 g/mol. The topological polar surface area (TPSA) is 6.48 Å². The first-order valence-electron chi connectivity index (χ1n) is 8.63. The van der Waals surface area contributed by atoms with Crippen molar-refractivity contribution >= 4 is 0 Å². The highest BCUT2D eigenvalue weighted by Crippen LogP contribution is 2.28. The van der Waals surface area contributed by atoms with Crippen molar-refractivity contribution in [2.45, 2.75) is 52.4 Å². The van der Waals surface area contributed by atoms with E-state index in [1.807, 2.05) is 0 Å². The summed E-state index contributed by atoms with van der Waals surface area (Å²) < 4.78 is 0. The molecule has 0 saturated carbocycles. The van der Waals surface area contributed by atoms with Crippen LogP contribution in [0.1, 0.15) is 52.4 Å². The minimum atomic E-state index is 0.790. The van der Waals surface area contributed by atoms with Gasteiger partial charge in [0.2, 0.25) is 0 Å². The Bertz CT molecular complexity index is 350. The molecule has 1 aliphatic heterocycles. The summed E-state index contributed by atoms with van der Waals surface area (Å²) in [5.74, 6) is 1.58. The van der Waals surface area contributed by atoms with Gasteiger partial charge in [0.25, 0.3) is 0 Å². The summed E-state index contributed by atoms with van der Waals surface area (Å²) in [6.07, 6.45) is 13.2. The zero-order chi connectivity index (χ0) is 13.9. The third-order valence-electron chi connectivity index (χ3n) is 5.23. The van der Waals surface area contributed by atoms with Gasteiger partial charge < -0.3 is 9.80 Å². The third kappa shape index (κ3) is 3.21. The van der Waals surface area contributed by atoms with Crippen LogP contribution in [0.3, 0.4) is 0 Å². The van der Waals surface area contributed by atoms with E-state index in [4.69, 9.17) is 0 Å². The lowest BCUT2D eigenvalue weighted by Gasteiger charge is -2.41. The van der Waals surface area contributed by atoms with Gasteiger partial charge in [-0.3, -0.25) is 0 Å². The molecule has 2 atom stereocenters. The Morgan fingerprint density at radius 1 is 0.750 bits per heavy atom. The summed E-state index contributed by atoms with van der Waals surface area (Å²) in [5.41, 5.74) is 3.27. The van der Waals surface area contributed by atoms with Crippen LogP contribution in [0.5, 0.6) is 0 Å². The molecule has 112 valence electrons. The number of allylic oxidation sites excluding steroid dienone is 4. The van der Waals surface area contributed by atoms with Crippen molar-refractivity contribution in [3.8, 4) is 0 Å². The maximum Gasteiger partial charge on any atom is 0.0351 e. The average Bonchev–Trinajstić information content (AvgIpc) is 2.47. The Kier molecular flexibility index (Phi) is 4.38. The third-order valence-corrected chi connectivity index (χ3v) is 5.23. The highest BCUT2D eigenvalue weighted by molar-refractivity contribution is 5.11. The van der Waals surface area contributed by atoms with E-state index in [0.29, 0.717) is 0 Å². The van der Waals surface area contributed by atoms with Gasteiger partial charge in [-0.1, -0.05) is 26.0 Å². The average molecular weight is 274 g/mol. The minimum absolute atomic E-state index is 0.790. The zero-order valence-corrected chi connectivity index (χ0v) is 13.3. The molecule has 0 aromatic heterocycles. The van der Waals surface area contributed by atoms with Crippen LogP contribution in [0.2, 0.25) is 0 Å². The van der Waals surface area contributed by atoms with E-state index in [9.17, 15) is 0 Å². The fraction of sp³-hybridized carbons (Fsp3) is 0.778. The number of hydrogen-bond acceptors (Lipinski definition) is 2. The molecule has 0 N–H and O–H groups in total. The summed E-state index contributed by atoms with van der Waals surface area (Å²) in [7, 11) is 0. The van der Waals surface area contributed by atoms with Crippen LogP contribution in [0, 0.1) is 11.8 Å². The maximum absolute atomic E-state index is 2.65. The molecule has 1 heterocycles. The van der Waals surface area contributed by atoms with E-state index < -0.39 is 0 Å². The van der Waals surface area contributed by atoms with E-state index in [1.54, 1.807) is 11.4 Å². The fourth-order valence-electron chi connectivity index (χ4n) is 4.01. The van der Waals surface area contributed by atoms with Crippen LogP contribution in [-0.4, -0.2) is 36.0 Å². The van der Waals surface area contributed by atoms with Gasteiger partial charge in [0.05, 0.1) is 0 Å². The van der Waals surface area contributed by atoms with Gasteiger partial charge >= 0.3 is 0 Å². The summed E-state index contributed by atoms with van der Waals surface area (Å²) >= 11 is 0. The van der Waals surface area contributed by atoms with Crippen LogP contribution in [0.15, 0.2) is 23.5 Å². The Balaban J connectivity index is 1.57. The molecule has 20 heavy (non-hydrogen) atoms. The summed E-state index contributed by atoms with van der Waals surface area (Å²) in [4.78, 5) is 5.30. The number of nitrogens with zero attached hydrogens (tertiary/aromatic N) is 2. The van der Waals surface area contributed by atoms with E-state index >= 15 is 0 Å². The molecule has 0 bridgehead atoms. The minimum Gasteiger partial charge on any atom is -0.372 e. The van der Waals surface area contributed by atoms with Gasteiger partial charge in [-0.05, 0) is 50.4 Å². The van der Waals surface area contributed by atoms with Crippen LogP contribution < -0.4 is 0 Å². The second-order valence-electron chi connectivity index (χ2n) is 7.03. The molecule has 0 aromatic carbocycles. The normalized spacial score (nSPS) is 31.9. The highest BCUT2D eigenvalue weighted by atomic mass is 15.3. The van der Waals surface area contributed by atoms with Gasteiger partial charge in [-0.25, -0.2) is 0 Å². The second kappa shape index (κ2) is 6.24. The van der Waals surface area contributed by atoms with E-state index in [1.165, 1.54) is 64.7 Å². The molecule has 1 fully saturated rings. The molecule has 1 saturated heterocycles. The molecule has 0 amide bonds. The number of rotatable bonds is 2. The van der Waals surface area contributed by atoms with Crippen LogP contribution >= 0.6 is 0 Å². The quantitative estimate of drug-likeness (QED) is 0.750. The Hall–Kier alpha value is -0.920. The largest absolute Gasteiger partial charge is 0.372 e. The summed E-state index contributed by atoms with van der Waals surface area (Å²) in [6.45, 7) is 9.64. The van der Waals surface area contributed by atoms with Gasteiger partial charge in [0.1, 0.15) is 0 Å². The number of hydrogen-bond donors (Lipinski definition) is 0. The molecule has 2 heteroatoms. The predicted molar refractivity (Wildman–Crippen MR) is 85.3 cm³/mol. The zero-order valence-electron chi connectivity index (χ0n) is 13.3. The van der Waals surface area contributed by atoms with Gasteiger partial charge in [0, 0.05) is 37.6 Å². The number of piperazine rings is 1. The maximum atomic E-state index is 2.65. The first kappa shape index (κ1) is 14.0. The lowest BCUT2D eigenvalue weighted by molar-refractivity contribution is 0.176. The van der Waals surface area contributed by atoms with Crippen molar-refractivity contribution in [3.05, 3.63) is 23.5 Å². The van der Waals surface area contributed by atoms with Crippen molar-refractivity contribution in [2.24, 2.45) is 11.8 Å². The molecule has 2 unspecified atom stereocenters. The van der Waals surface area contributed by atoms with E-state index in [2.05, 4.69) is 35.8 Å². The van der Waals surface area contributed by atoms with Crippen molar-refractivity contribution in [1.82, 2.24) is 9.80 Å². The van der Waals surface area contributed by atoms with Crippen molar-refractivity contribution < 1.29 is 0 Å². The van der Waals surface area contributed by atoms with Crippen LogP contribution in [0.25, 0.3) is 0 Å². The Labute approximate surface area is 124 Å². The van der Waals surface area contributed by atoms with Crippen LogP contribution in [0.4, 0.5) is 0 Å². The second-order valence-corrected chi connectivity index (χ2v) is 7.03. The molecule has 0 radical (unpaired) electrons. The highest BCUT2D eigenvalue weighted by Gasteiger charge is 2.23. The van der Waals surface area contributed by atoms with Crippen LogP contribution in [-0.2, 0) is 0 Å². The first-order chi connectivity index (χ1) is 9.72. The van der Waals surface area contributed by atoms with Gasteiger partial charge in [-0.2, -0.15) is 0 Å². The first-order valence-corrected chi connectivity index (χ1v) is 8.63. The van der Waals surface area contributed by atoms with Crippen molar-refractivity contribution in [1.29, 1.82) is 0 Å². The van der Waals surface area contributed by atoms with E-state index in [-0.39, 0.29) is 0 Å². The molecule has 2 aliphatic carbocycles. The van der Waals surface area contributed by atoms with Crippen molar-refractivity contribution in [2.75, 3.05) is 26.2 Å². The lowest BCUT2D eigenvalue weighted by Crippen LogP contribution is -2.45. The predicted octanol–water partition coefficient (Wildman–Crippen LogP) is 4.01. The van der Waals surface area contributed by atoms with Gasteiger partial charge in [0.15, 0.2) is 0 Å². The molecule has 3 aliphatic rings. The standard InChI is InChI=1S/C18H30N2/c1-15-5-3-7-17(13-15)19-9-11-20(12-10-19)18-8-4-6-16(2)14-18/h13-16H,3-12H2,1-2H3. The fourth-order valence-corrected chi connectivity index (χ4v) is 4.01. The summed E-state index contributed by atoms with van der Waals surface area (Å²) in [5, 5.41) is 0. The molecule has 2 nitrogen and oxygen atoms in total. The monoisotopic (exact) mass is 274 g/mol. The molecule has 0 spiro atoms. The Morgan fingerprint density at radius 3 is 1.50 bits per heavy atom. The van der Waals surface area contributed by atoms with E-state index in [0.717, 1.165) is 11.8 Å². The Morgan fingerprint density at radius 2 is 1.15 bits per heavy atom. The molecule has 3 rings (SSSR count). The molecular formula is C18H30N2. The lowest BCUT2D eigenvalue weighted by atomic mass is 9.93. The summed E-state index contributed by atoms with van der Waals surface area (Å²) in [6, 6.07) is 0. The van der Waals surface area contributed by atoms with Gasteiger partial charge in [-0.15, -0.1) is 0 Å². The molecule has 0 aromatic rings. The van der Waals surface area contributed by atoms with Crippen molar-refractivity contribution in [3.63, 3.8) is 0 Å².